The summed E-state index contributed by atoms with van der Waals surface area (Å²) in [6.45, 7) is 49.9. The number of hydrogen-bond donors (Lipinski definition) is 4. The first kappa shape index (κ1) is 80.8. The van der Waals surface area contributed by atoms with E-state index in [2.05, 4.69) is 172 Å². The topological polar surface area (TPSA) is 227 Å². The van der Waals surface area contributed by atoms with Gasteiger partial charge < -0.3 is 53.7 Å². The predicted molar refractivity (Wildman–Crippen MR) is 453 cm³/mol. The molecule has 20 heteroatoms. The van der Waals surface area contributed by atoms with Crippen LogP contribution in [-0.2, 0) is 54.5 Å². The number of piperidine rings is 3. The molecule has 7 aliphatic rings. The molecule has 0 atom stereocenters. The number of ether oxygens (including phenoxy) is 4. The van der Waals surface area contributed by atoms with Gasteiger partial charge >= 0.3 is 11.9 Å². The van der Waals surface area contributed by atoms with Gasteiger partial charge in [0.1, 0.15) is 5.60 Å². The van der Waals surface area contributed by atoms with Crippen molar-refractivity contribution < 1.29 is 38.4 Å². The number of benzene rings is 6. The first-order valence-electron chi connectivity index (χ1n) is 41.6. The Morgan fingerprint density at radius 1 is 0.526 bits per heavy atom. The molecule has 9 heterocycles. The zero-order valence-corrected chi connectivity index (χ0v) is 69.0. The number of nitrogens with one attached hydrogen (secondary N) is 3. The number of esters is 1. The number of carboxylic acid groups (broad SMARTS) is 1. The average Bonchev–Trinajstić information content (AvgIpc) is 1.70. The van der Waals surface area contributed by atoms with Crippen molar-refractivity contribution in [3.63, 3.8) is 0 Å². The molecular formula is C94H114N12O8. The van der Waals surface area contributed by atoms with E-state index in [-0.39, 0.29) is 22.7 Å². The molecule has 4 N–H and O–H groups in total. The van der Waals surface area contributed by atoms with Gasteiger partial charge in [-0.25, -0.2) is 14.4 Å². The first-order valence-corrected chi connectivity index (χ1v) is 41.6. The Labute approximate surface area is 672 Å². The molecule has 6 aliphatic heterocycles. The molecule has 16 rings (SSSR count). The Bertz CT molecular complexity index is 5180. The number of aryl methyl sites for hydroxylation is 3. The molecule has 0 saturated carbocycles. The van der Waals surface area contributed by atoms with Crippen LogP contribution in [0.1, 0.15) is 220 Å². The van der Waals surface area contributed by atoms with Gasteiger partial charge in [-0.05, 0) is 167 Å². The number of nitriles is 2. The fourth-order valence-electron chi connectivity index (χ4n) is 19.0. The van der Waals surface area contributed by atoms with Crippen LogP contribution in [0.15, 0.2) is 103 Å². The molecule has 0 amide bonds. The number of aromatic carboxylic acids is 1. The summed E-state index contributed by atoms with van der Waals surface area (Å²) in [5.74, 6) is -1.23. The highest BCUT2D eigenvalue weighted by atomic mass is 16.6. The van der Waals surface area contributed by atoms with Gasteiger partial charge in [-0.15, -0.1) is 0 Å². The van der Waals surface area contributed by atoms with Crippen molar-refractivity contribution in [2.75, 3.05) is 133 Å². The molecular weight excluding hydrogens is 1430 g/mol. The lowest BCUT2D eigenvalue weighted by atomic mass is 9.70. The van der Waals surface area contributed by atoms with Crippen LogP contribution < -0.4 is 14.7 Å². The summed E-state index contributed by atoms with van der Waals surface area (Å²) in [7, 11) is 0. The molecule has 0 radical (unpaired) electrons. The van der Waals surface area contributed by atoms with Gasteiger partial charge in [0.25, 0.3) is 0 Å². The highest BCUT2D eigenvalue weighted by Gasteiger charge is 2.43. The van der Waals surface area contributed by atoms with Gasteiger partial charge in [0.15, 0.2) is 11.5 Å². The standard InChI is InChI=1S/C34H44N4O3.C30H36N4O3.C30H34N4O2/c1-7-24-9-10-25(21-29(24)38-14-12-26(13-15-38)37-16-18-40-19-17-37)34(5,6)31-30(32(39)41-33(2,3)4)27-11-8-23(22-35)20-28(27)36-31;1-5-20-6-7-21(18-26(20)34-12-10-23(11-13-34)33-14-16-37-17-15-33)30(2,3)28-27(29(35)36)24-9-8-22(31-4)19-25(24)32-28;1-4-20-16-23-24(17-26(20)34-9-7-21(8-10-34)33-11-13-36-14-12-33)30(2,3)29-27(28(23)35)22-6-5-19(18-31)15-25(22)32-29/h8-11,20-21,26,36H,7,12-19H2,1-6H3;6-9,18-19,23,32H,5,10-17H2,1-3H3,(H,35,36);5-6,15-17,21,32H,4,7-14H2,1-3H3. The van der Waals surface area contributed by atoms with Crippen molar-refractivity contribution in [1.82, 2.24) is 29.7 Å². The molecule has 3 aromatic heterocycles. The third kappa shape index (κ3) is 16.2. The Morgan fingerprint density at radius 3 is 1.35 bits per heavy atom. The zero-order chi connectivity index (χ0) is 80.5. The molecule has 20 nitrogen and oxygen atoms in total. The Kier molecular flexibility index (Phi) is 23.8. The third-order valence-corrected chi connectivity index (χ3v) is 25.7. The van der Waals surface area contributed by atoms with Crippen LogP contribution >= 0.6 is 0 Å². The number of aromatic amines is 3. The molecule has 6 aromatic carbocycles. The van der Waals surface area contributed by atoms with Crippen molar-refractivity contribution in [2.24, 2.45) is 0 Å². The first-order chi connectivity index (χ1) is 54.8. The van der Waals surface area contributed by atoms with Gasteiger partial charge in [0, 0.05) is 185 Å². The number of anilines is 3. The van der Waals surface area contributed by atoms with Crippen LogP contribution in [-0.4, -0.2) is 194 Å². The van der Waals surface area contributed by atoms with Gasteiger partial charge in [-0.2, -0.15) is 10.5 Å². The van der Waals surface area contributed by atoms with E-state index in [0.29, 0.717) is 57.1 Å². The molecule has 114 heavy (non-hydrogen) atoms. The molecule has 598 valence electrons. The normalized spacial score (nSPS) is 18.5. The number of rotatable bonds is 15. The lowest BCUT2D eigenvalue weighted by Gasteiger charge is -2.42. The van der Waals surface area contributed by atoms with Gasteiger partial charge in [0.05, 0.1) is 86.2 Å². The molecule has 0 bridgehead atoms. The number of ketones is 1. The summed E-state index contributed by atoms with van der Waals surface area (Å²) in [4.78, 5) is 69.3. The Hall–Kier alpha value is -9.82. The number of morpholine rings is 3. The Morgan fingerprint density at radius 2 is 0.930 bits per heavy atom. The average molecular weight is 1540 g/mol. The quantitative estimate of drug-likeness (QED) is 0.0553. The van der Waals surface area contributed by atoms with E-state index in [1.54, 1.807) is 30.3 Å². The summed E-state index contributed by atoms with van der Waals surface area (Å²) in [6, 6.07) is 40.3. The number of nitrogens with zero attached hydrogens (tertiary/aromatic N) is 9. The number of carboxylic acids is 1. The van der Waals surface area contributed by atoms with Crippen LogP contribution in [0.4, 0.5) is 22.7 Å². The van der Waals surface area contributed by atoms with Crippen molar-refractivity contribution in [2.45, 2.75) is 181 Å². The van der Waals surface area contributed by atoms with Crippen molar-refractivity contribution in [3.8, 4) is 12.1 Å². The number of hydrogen-bond acceptors (Lipinski definition) is 15. The van der Waals surface area contributed by atoms with Crippen LogP contribution in [0.5, 0.6) is 0 Å². The fourth-order valence-corrected chi connectivity index (χ4v) is 19.0. The maximum atomic E-state index is 13.9. The minimum Gasteiger partial charge on any atom is -0.478 e. The van der Waals surface area contributed by atoms with Gasteiger partial charge in [-0.3, -0.25) is 19.5 Å². The van der Waals surface area contributed by atoms with E-state index in [9.17, 15) is 30.0 Å². The summed E-state index contributed by atoms with van der Waals surface area (Å²) >= 11 is 0. The molecule has 6 saturated heterocycles. The van der Waals surface area contributed by atoms with Gasteiger partial charge in [0.2, 0.25) is 0 Å². The Balaban J connectivity index is 0.000000142. The van der Waals surface area contributed by atoms with E-state index in [1.807, 2.05) is 45.0 Å². The van der Waals surface area contributed by atoms with Crippen molar-refractivity contribution >= 4 is 73.2 Å². The van der Waals surface area contributed by atoms with Crippen molar-refractivity contribution in [1.29, 1.82) is 10.5 Å². The lowest BCUT2D eigenvalue weighted by Crippen LogP contribution is -2.49. The van der Waals surface area contributed by atoms with Crippen LogP contribution in [0.3, 0.4) is 0 Å². The fraction of sp³-hybridized carbons (Fsp3) is 0.489. The summed E-state index contributed by atoms with van der Waals surface area (Å²) < 4.78 is 22.6. The van der Waals surface area contributed by atoms with Crippen LogP contribution in [0.25, 0.3) is 37.6 Å². The molecule has 0 spiro atoms. The lowest BCUT2D eigenvalue weighted by molar-refractivity contribution is 0.00688. The molecule has 6 fully saturated rings. The maximum Gasteiger partial charge on any atom is 0.341 e. The number of carbonyl (C=O) groups is 3. The highest BCUT2D eigenvalue weighted by Crippen LogP contribution is 2.48. The van der Waals surface area contributed by atoms with E-state index in [1.165, 1.54) is 33.8 Å². The molecule has 1 aliphatic carbocycles. The SMILES string of the molecule is CCc1cc2c(cc1N1CCC(N3CCOCC3)CC1)C(C)(C)c1[nH]c3cc(C#N)ccc3c1C2=O.CCc1ccc(C(C)(C)c2[nH]c3cc(C#N)ccc3c2C(=O)OC(C)(C)C)cc1N1CCC(N2CCOCC2)CC1.[C-]#[N+]c1ccc2c(C(=O)O)c(C(C)(C)c3ccc(CC)c(N4CCC(N5CCOCC5)CC4)c3)[nH]c2c1. The second-order valence-electron chi connectivity index (χ2n) is 34.6. The summed E-state index contributed by atoms with van der Waals surface area (Å²) in [6.07, 6.45) is 9.73. The summed E-state index contributed by atoms with van der Waals surface area (Å²) in [5, 5.41) is 31.3. The second kappa shape index (κ2) is 33.6. The number of aromatic nitrogens is 3. The van der Waals surface area contributed by atoms with E-state index in [4.69, 9.17) is 25.5 Å². The summed E-state index contributed by atoms with van der Waals surface area (Å²) in [5.41, 5.74) is 17.7. The highest BCUT2D eigenvalue weighted by molar-refractivity contribution is 6.20. The van der Waals surface area contributed by atoms with Crippen LogP contribution in [0.2, 0.25) is 0 Å². The van der Waals surface area contributed by atoms with E-state index in [0.717, 1.165) is 237 Å². The maximum absolute atomic E-state index is 13.9. The third-order valence-electron chi connectivity index (χ3n) is 25.7. The van der Waals surface area contributed by atoms with Crippen molar-refractivity contribution in [3.05, 3.63) is 198 Å². The number of carbonyl (C=O) groups excluding carboxylic acids is 2. The predicted octanol–water partition coefficient (Wildman–Crippen LogP) is 16.6. The number of H-pyrrole nitrogens is 3. The molecule has 0 unspecified atom stereocenters. The molecule has 9 aromatic rings. The monoisotopic (exact) mass is 1540 g/mol. The minimum absolute atomic E-state index is 0.0857. The smallest absolute Gasteiger partial charge is 0.341 e. The van der Waals surface area contributed by atoms with E-state index < -0.39 is 22.4 Å². The van der Waals surface area contributed by atoms with E-state index >= 15 is 0 Å². The van der Waals surface area contributed by atoms with Crippen LogP contribution in [0, 0.1) is 29.2 Å². The number of fused-ring (bicyclic) bond motifs is 6. The van der Waals surface area contributed by atoms with Gasteiger partial charge in [-0.1, -0.05) is 111 Å². The zero-order valence-electron chi connectivity index (χ0n) is 69.0. The second-order valence-corrected chi connectivity index (χ2v) is 34.6. The minimum atomic E-state index is -0.958. The largest absolute Gasteiger partial charge is 0.478 e.